The van der Waals surface area contributed by atoms with Gasteiger partial charge in [-0.2, -0.15) is 0 Å². The first-order chi connectivity index (χ1) is 13.3. The van der Waals surface area contributed by atoms with E-state index in [1.807, 2.05) is 24.1 Å². The highest BCUT2D eigenvalue weighted by Crippen LogP contribution is 2.29. The van der Waals surface area contributed by atoms with Crippen LogP contribution in [0.2, 0.25) is 0 Å². The Morgan fingerprint density at radius 1 is 1.04 bits per heavy atom. The quantitative estimate of drug-likeness (QED) is 0.600. The summed E-state index contributed by atoms with van der Waals surface area (Å²) in [4.78, 5) is 14.1. The second kappa shape index (κ2) is 11.0. The molecule has 0 spiro atoms. The number of hydrogen-bond acceptors (Lipinski definition) is 2. The molecule has 28 heavy (non-hydrogen) atoms. The van der Waals surface area contributed by atoms with Gasteiger partial charge >= 0.3 is 0 Å². The van der Waals surface area contributed by atoms with Crippen LogP contribution < -0.4 is 5.32 Å². The van der Waals surface area contributed by atoms with E-state index in [2.05, 4.69) is 50.4 Å². The molecule has 0 heterocycles. The smallest absolute Gasteiger partial charge is 0.234 e. The molecular formula is C24H33FN2O. The Hall–Kier alpha value is -2.20. The lowest BCUT2D eigenvalue weighted by molar-refractivity contribution is -0.122. The van der Waals surface area contributed by atoms with Crippen molar-refractivity contribution in [1.29, 1.82) is 0 Å². The second-order valence-corrected chi connectivity index (χ2v) is 8.10. The summed E-state index contributed by atoms with van der Waals surface area (Å²) in [5.74, 6) is 0.589. The molecule has 1 N–H and O–H groups in total. The van der Waals surface area contributed by atoms with Crippen molar-refractivity contribution in [1.82, 2.24) is 10.2 Å². The Kier molecular flexibility index (Phi) is 8.65. The summed E-state index contributed by atoms with van der Waals surface area (Å²) in [6.45, 7) is 8.36. The van der Waals surface area contributed by atoms with E-state index < -0.39 is 0 Å². The van der Waals surface area contributed by atoms with Crippen LogP contribution in [-0.2, 0) is 4.79 Å². The zero-order valence-corrected chi connectivity index (χ0v) is 17.5. The molecule has 0 aliphatic heterocycles. The molecule has 2 aromatic rings. The summed E-state index contributed by atoms with van der Waals surface area (Å²) < 4.78 is 13.3. The van der Waals surface area contributed by atoms with Crippen LogP contribution >= 0.6 is 0 Å². The predicted octanol–water partition coefficient (Wildman–Crippen LogP) is 4.75. The molecule has 0 aliphatic carbocycles. The number of carbonyl (C=O) groups is 1. The SMILES string of the molecule is Cc1ccc(C(CCCNC(=O)CN(C)CC(C)C)c2ccc(F)cc2)cc1. The Morgan fingerprint density at radius 2 is 1.61 bits per heavy atom. The number of halogens is 1. The summed E-state index contributed by atoms with van der Waals surface area (Å²) in [5, 5.41) is 3.02. The van der Waals surface area contributed by atoms with Crippen LogP contribution in [0.5, 0.6) is 0 Å². The molecule has 152 valence electrons. The predicted molar refractivity (Wildman–Crippen MR) is 114 cm³/mol. The van der Waals surface area contributed by atoms with Crippen molar-refractivity contribution >= 4 is 5.91 Å². The van der Waals surface area contributed by atoms with E-state index in [9.17, 15) is 9.18 Å². The minimum absolute atomic E-state index is 0.0665. The van der Waals surface area contributed by atoms with Gasteiger partial charge in [-0.1, -0.05) is 55.8 Å². The normalized spacial score (nSPS) is 12.4. The van der Waals surface area contributed by atoms with E-state index in [4.69, 9.17) is 0 Å². The maximum absolute atomic E-state index is 13.3. The molecule has 0 fully saturated rings. The van der Waals surface area contributed by atoms with E-state index >= 15 is 0 Å². The van der Waals surface area contributed by atoms with Crippen molar-refractivity contribution < 1.29 is 9.18 Å². The average Bonchev–Trinajstić information content (AvgIpc) is 2.63. The van der Waals surface area contributed by atoms with Crippen LogP contribution in [0.15, 0.2) is 48.5 Å². The highest BCUT2D eigenvalue weighted by Gasteiger charge is 2.15. The fraction of sp³-hybridized carbons (Fsp3) is 0.458. The van der Waals surface area contributed by atoms with Crippen molar-refractivity contribution in [2.75, 3.05) is 26.7 Å². The minimum atomic E-state index is -0.218. The molecular weight excluding hydrogens is 351 g/mol. The molecule has 2 rings (SSSR count). The van der Waals surface area contributed by atoms with Crippen molar-refractivity contribution in [2.45, 2.75) is 39.5 Å². The summed E-state index contributed by atoms with van der Waals surface area (Å²) in [5.41, 5.74) is 3.55. The van der Waals surface area contributed by atoms with Gasteiger partial charge in [0.25, 0.3) is 0 Å². The number of rotatable bonds is 10. The summed E-state index contributed by atoms with van der Waals surface area (Å²) in [6.07, 6.45) is 1.77. The van der Waals surface area contributed by atoms with Gasteiger partial charge in [-0.05, 0) is 56.0 Å². The number of nitrogens with zero attached hydrogens (tertiary/aromatic N) is 1. The summed E-state index contributed by atoms with van der Waals surface area (Å²) in [7, 11) is 1.97. The van der Waals surface area contributed by atoms with Gasteiger partial charge in [0.2, 0.25) is 5.91 Å². The summed E-state index contributed by atoms with van der Waals surface area (Å²) in [6, 6.07) is 15.3. The number of benzene rings is 2. The first kappa shape index (κ1) is 22.1. The Morgan fingerprint density at radius 3 is 2.18 bits per heavy atom. The molecule has 0 saturated carbocycles. The van der Waals surface area contributed by atoms with Gasteiger partial charge in [-0.15, -0.1) is 0 Å². The minimum Gasteiger partial charge on any atom is -0.355 e. The van der Waals surface area contributed by atoms with E-state index in [-0.39, 0.29) is 17.6 Å². The van der Waals surface area contributed by atoms with Crippen LogP contribution in [0.1, 0.15) is 49.3 Å². The molecule has 1 amide bonds. The molecule has 4 heteroatoms. The van der Waals surface area contributed by atoms with Gasteiger partial charge in [-0.3, -0.25) is 9.69 Å². The van der Waals surface area contributed by atoms with Gasteiger partial charge in [0, 0.05) is 19.0 Å². The third-order valence-electron chi connectivity index (χ3n) is 4.83. The van der Waals surface area contributed by atoms with E-state index in [1.165, 1.54) is 23.3 Å². The zero-order valence-electron chi connectivity index (χ0n) is 17.5. The molecule has 0 saturated heterocycles. The molecule has 1 unspecified atom stereocenters. The third-order valence-corrected chi connectivity index (χ3v) is 4.83. The molecule has 0 aromatic heterocycles. The number of amides is 1. The fourth-order valence-electron chi connectivity index (χ4n) is 3.54. The lowest BCUT2D eigenvalue weighted by Gasteiger charge is -2.20. The Labute approximate surface area is 169 Å². The molecule has 0 bridgehead atoms. The first-order valence-corrected chi connectivity index (χ1v) is 10.1. The molecule has 1 atom stereocenters. The Bertz CT molecular complexity index is 680. The van der Waals surface area contributed by atoms with Gasteiger partial charge < -0.3 is 5.32 Å². The van der Waals surface area contributed by atoms with Crippen molar-refractivity contribution in [3.63, 3.8) is 0 Å². The van der Waals surface area contributed by atoms with Crippen LogP contribution in [0.4, 0.5) is 4.39 Å². The molecule has 3 nitrogen and oxygen atoms in total. The van der Waals surface area contributed by atoms with Gasteiger partial charge in [0.1, 0.15) is 5.82 Å². The number of carbonyl (C=O) groups excluding carboxylic acids is 1. The van der Waals surface area contributed by atoms with E-state index in [1.54, 1.807) is 0 Å². The van der Waals surface area contributed by atoms with Gasteiger partial charge in [0.05, 0.1) is 6.54 Å². The number of aryl methyl sites for hydroxylation is 1. The van der Waals surface area contributed by atoms with Crippen molar-refractivity contribution in [3.05, 3.63) is 71.0 Å². The Balaban J connectivity index is 1.91. The van der Waals surface area contributed by atoms with Crippen LogP contribution in [0.3, 0.4) is 0 Å². The second-order valence-electron chi connectivity index (χ2n) is 8.10. The van der Waals surface area contributed by atoms with Crippen LogP contribution in [0, 0.1) is 18.7 Å². The number of likely N-dealkylation sites (N-methyl/N-ethyl adjacent to an activating group) is 1. The maximum atomic E-state index is 13.3. The summed E-state index contributed by atoms with van der Waals surface area (Å²) >= 11 is 0. The number of nitrogens with one attached hydrogen (secondary N) is 1. The highest BCUT2D eigenvalue weighted by atomic mass is 19.1. The monoisotopic (exact) mass is 384 g/mol. The van der Waals surface area contributed by atoms with Crippen molar-refractivity contribution in [2.24, 2.45) is 5.92 Å². The largest absolute Gasteiger partial charge is 0.355 e. The zero-order chi connectivity index (χ0) is 20.5. The number of hydrogen-bond donors (Lipinski definition) is 1. The maximum Gasteiger partial charge on any atom is 0.234 e. The standard InChI is InChI=1S/C24H33FN2O/c1-18(2)16-27(4)17-24(28)26-15-5-6-23(20-9-7-19(3)8-10-20)21-11-13-22(25)14-12-21/h7-14,18,23H,5-6,15-17H2,1-4H3,(H,26,28). The topological polar surface area (TPSA) is 32.3 Å². The lowest BCUT2D eigenvalue weighted by Crippen LogP contribution is -2.37. The third kappa shape index (κ3) is 7.43. The van der Waals surface area contributed by atoms with E-state index in [0.29, 0.717) is 19.0 Å². The molecule has 0 aliphatic rings. The first-order valence-electron chi connectivity index (χ1n) is 10.1. The lowest BCUT2D eigenvalue weighted by atomic mass is 9.87. The van der Waals surface area contributed by atoms with Crippen LogP contribution in [-0.4, -0.2) is 37.5 Å². The van der Waals surface area contributed by atoms with Crippen molar-refractivity contribution in [3.8, 4) is 0 Å². The fourth-order valence-corrected chi connectivity index (χ4v) is 3.54. The van der Waals surface area contributed by atoms with Crippen LogP contribution in [0.25, 0.3) is 0 Å². The molecule has 2 aromatic carbocycles. The van der Waals surface area contributed by atoms with E-state index in [0.717, 1.165) is 24.9 Å². The molecule has 0 radical (unpaired) electrons. The highest BCUT2D eigenvalue weighted by molar-refractivity contribution is 5.77. The average molecular weight is 385 g/mol. The van der Waals surface area contributed by atoms with Gasteiger partial charge in [0.15, 0.2) is 0 Å². The van der Waals surface area contributed by atoms with Gasteiger partial charge in [-0.25, -0.2) is 4.39 Å².